The molecule has 1 aliphatic carbocycles. The number of rotatable bonds is 5. The Morgan fingerprint density at radius 1 is 1.06 bits per heavy atom. The fraction of sp³-hybridized carbons (Fsp3) is 0.536. The molecule has 7 nitrogen and oxygen atoms in total. The molecule has 3 aliphatic rings. The Bertz CT molecular complexity index is 1390. The molecule has 188 valence electrons. The largest absolute Gasteiger partial charge is 0.381 e. The maximum atomic E-state index is 5.55. The van der Waals surface area contributed by atoms with E-state index in [0.717, 1.165) is 53.6 Å². The third-order valence-electron chi connectivity index (χ3n) is 8.74. The van der Waals surface area contributed by atoms with E-state index in [4.69, 9.17) is 14.9 Å². The molecule has 0 radical (unpaired) electrons. The van der Waals surface area contributed by atoms with Gasteiger partial charge in [0.1, 0.15) is 5.69 Å². The van der Waals surface area contributed by atoms with Crippen LogP contribution in [0.2, 0.25) is 0 Å². The normalized spacial score (nSPS) is 25.2. The molecule has 5 heterocycles. The average molecular weight is 503 g/mol. The summed E-state index contributed by atoms with van der Waals surface area (Å²) in [6.07, 6.45) is 7.03. The van der Waals surface area contributed by atoms with Gasteiger partial charge in [-0.3, -0.25) is 4.68 Å². The van der Waals surface area contributed by atoms with Crippen molar-refractivity contribution in [3.05, 3.63) is 35.3 Å². The van der Waals surface area contributed by atoms with Crippen LogP contribution in [-0.4, -0.2) is 63.8 Å². The Morgan fingerprint density at radius 3 is 2.67 bits per heavy atom. The molecule has 1 saturated carbocycles. The van der Waals surface area contributed by atoms with Crippen molar-refractivity contribution in [2.45, 2.75) is 38.6 Å². The highest BCUT2D eigenvalue weighted by Gasteiger charge is 2.41. The van der Waals surface area contributed by atoms with Gasteiger partial charge in [0, 0.05) is 68.5 Å². The van der Waals surface area contributed by atoms with Gasteiger partial charge in [-0.05, 0) is 73.4 Å². The van der Waals surface area contributed by atoms with E-state index in [-0.39, 0.29) is 0 Å². The summed E-state index contributed by atoms with van der Waals surface area (Å²) in [5.41, 5.74) is 4.34. The van der Waals surface area contributed by atoms with E-state index in [1.807, 2.05) is 11.7 Å². The zero-order valence-corrected chi connectivity index (χ0v) is 21.9. The first-order valence-corrected chi connectivity index (χ1v) is 14.2. The highest BCUT2D eigenvalue weighted by molar-refractivity contribution is 7.17. The number of hydrogen-bond donors (Lipinski definition) is 1. The monoisotopic (exact) mass is 502 g/mol. The first kappa shape index (κ1) is 22.6. The summed E-state index contributed by atoms with van der Waals surface area (Å²) in [5.74, 6) is 3.39. The fourth-order valence-corrected chi connectivity index (χ4v) is 7.81. The Hall–Kier alpha value is -2.55. The predicted octanol–water partition coefficient (Wildman–Crippen LogP) is 5.10. The fourth-order valence-electron chi connectivity index (χ4n) is 6.92. The molecule has 2 saturated heterocycles. The number of aryl methyl sites for hydroxylation is 2. The molecule has 0 amide bonds. The lowest BCUT2D eigenvalue weighted by Crippen LogP contribution is -2.32. The second kappa shape index (κ2) is 9.08. The first-order valence-electron chi connectivity index (χ1n) is 13.4. The van der Waals surface area contributed by atoms with Crippen molar-refractivity contribution in [3.63, 3.8) is 0 Å². The van der Waals surface area contributed by atoms with Gasteiger partial charge >= 0.3 is 0 Å². The van der Waals surface area contributed by atoms with Crippen LogP contribution in [0.3, 0.4) is 0 Å². The molecule has 0 bridgehead atoms. The van der Waals surface area contributed by atoms with Crippen LogP contribution < -0.4 is 5.32 Å². The summed E-state index contributed by atoms with van der Waals surface area (Å²) in [7, 11) is 1.97. The van der Waals surface area contributed by atoms with Crippen molar-refractivity contribution in [1.29, 1.82) is 0 Å². The number of thiophene rings is 1. The Morgan fingerprint density at radius 2 is 1.86 bits per heavy atom. The van der Waals surface area contributed by atoms with Gasteiger partial charge in [-0.15, -0.1) is 21.5 Å². The van der Waals surface area contributed by atoms with Gasteiger partial charge in [0.25, 0.3) is 0 Å². The number of aromatic nitrogens is 4. The summed E-state index contributed by atoms with van der Waals surface area (Å²) < 4.78 is 8.63. The van der Waals surface area contributed by atoms with Crippen LogP contribution in [0.4, 0.5) is 5.82 Å². The van der Waals surface area contributed by atoms with Gasteiger partial charge in [0.2, 0.25) is 0 Å². The average Bonchev–Trinajstić information content (AvgIpc) is 3.64. The second-order valence-electron chi connectivity index (χ2n) is 11.1. The van der Waals surface area contributed by atoms with Crippen LogP contribution in [0.15, 0.2) is 29.8 Å². The van der Waals surface area contributed by atoms with Gasteiger partial charge < -0.3 is 15.0 Å². The molecule has 7 rings (SSSR count). The lowest BCUT2D eigenvalue weighted by molar-refractivity contribution is 0.0545. The number of likely N-dealkylation sites (tertiary alicyclic amines) is 1. The second-order valence-corrected chi connectivity index (χ2v) is 12.1. The standard InChI is InChI=1S/C28H34N6OS/c1-17-22(3-4-25-24(17)16-33(2)32-25)26-27-23(7-10-36-27)28(31-30-26)29-21-11-19-14-34(15-20(19)12-21)13-18-5-8-35-9-6-18/h3-4,7,10,16,18-21H,5-6,8-9,11-15H2,1-2H3,(H,29,31)/t19-,20+,21?. The van der Waals surface area contributed by atoms with E-state index in [1.165, 1.54) is 66.4 Å². The van der Waals surface area contributed by atoms with E-state index in [2.05, 4.69) is 52.0 Å². The molecule has 0 spiro atoms. The molecular formula is C28H34N6OS. The molecule has 1 unspecified atom stereocenters. The lowest BCUT2D eigenvalue weighted by Gasteiger charge is -2.27. The minimum Gasteiger partial charge on any atom is -0.381 e. The van der Waals surface area contributed by atoms with Crippen LogP contribution in [0.25, 0.3) is 32.2 Å². The summed E-state index contributed by atoms with van der Waals surface area (Å²) in [4.78, 5) is 2.73. The zero-order chi connectivity index (χ0) is 24.2. The molecule has 3 fully saturated rings. The van der Waals surface area contributed by atoms with Crippen molar-refractivity contribution in [1.82, 2.24) is 24.9 Å². The first-order chi connectivity index (χ1) is 17.6. The zero-order valence-electron chi connectivity index (χ0n) is 21.1. The summed E-state index contributed by atoms with van der Waals surface area (Å²) in [6.45, 7) is 7.84. The molecule has 36 heavy (non-hydrogen) atoms. The molecule has 3 atom stereocenters. The Balaban J connectivity index is 1.07. The van der Waals surface area contributed by atoms with Crippen LogP contribution in [0.5, 0.6) is 0 Å². The maximum absolute atomic E-state index is 5.55. The van der Waals surface area contributed by atoms with Crippen LogP contribution >= 0.6 is 11.3 Å². The van der Waals surface area contributed by atoms with E-state index in [0.29, 0.717) is 6.04 Å². The minimum atomic E-state index is 0.488. The quantitative estimate of drug-likeness (QED) is 0.409. The van der Waals surface area contributed by atoms with Crippen molar-refractivity contribution in [2.75, 3.05) is 38.2 Å². The van der Waals surface area contributed by atoms with Crippen molar-refractivity contribution < 1.29 is 4.74 Å². The SMILES string of the molecule is Cc1c(-c2nnc(NC3C[C@@H]4CN(CC5CCOCC5)C[C@@H]4C3)c3ccsc23)ccc2nn(C)cc12. The Kier molecular flexibility index (Phi) is 5.71. The smallest absolute Gasteiger partial charge is 0.157 e. The number of nitrogens with one attached hydrogen (secondary N) is 1. The lowest BCUT2D eigenvalue weighted by atomic mass is 10.00. The molecule has 4 aromatic rings. The molecule has 8 heteroatoms. The van der Waals surface area contributed by atoms with E-state index < -0.39 is 0 Å². The molecule has 1 N–H and O–H groups in total. The van der Waals surface area contributed by atoms with E-state index in [1.54, 1.807) is 11.3 Å². The van der Waals surface area contributed by atoms with Crippen LogP contribution in [-0.2, 0) is 11.8 Å². The Labute approximate surface area is 215 Å². The molecule has 3 aromatic heterocycles. The maximum Gasteiger partial charge on any atom is 0.157 e. The van der Waals surface area contributed by atoms with E-state index >= 15 is 0 Å². The highest BCUT2D eigenvalue weighted by Crippen LogP contribution is 2.42. The summed E-state index contributed by atoms with van der Waals surface area (Å²) >= 11 is 1.75. The minimum absolute atomic E-state index is 0.488. The number of fused-ring (bicyclic) bond motifs is 3. The number of hydrogen-bond acceptors (Lipinski definition) is 7. The van der Waals surface area contributed by atoms with Gasteiger partial charge in [-0.25, -0.2) is 0 Å². The van der Waals surface area contributed by atoms with Crippen molar-refractivity contribution >= 4 is 38.1 Å². The molecule has 2 aliphatic heterocycles. The van der Waals surface area contributed by atoms with E-state index in [9.17, 15) is 0 Å². The predicted molar refractivity (Wildman–Crippen MR) is 145 cm³/mol. The van der Waals surface area contributed by atoms with Crippen LogP contribution in [0.1, 0.15) is 31.2 Å². The summed E-state index contributed by atoms with van der Waals surface area (Å²) in [5, 5.41) is 22.4. The number of ether oxygens (including phenoxy) is 1. The number of benzene rings is 1. The van der Waals surface area contributed by atoms with Gasteiger partial charge in [-0.1, -0.05) is 6.07 Å². The van der Waals surface area contributed by atoms with Gasteiger partial charge in [-0.2, -0.15) is 5.10 Å². The number of nitrogens with zero attached hydrogens (tertiary/aromatic N) is 5. The molecule has 1 aromatic carbocycles. The summed E-state index contributed by atoms with van der Waals surface area (Å²) in [6, 6.07) is 6.92. The topological polar surface area (TPSA) is 68.1 Å². The van der Waals surface area contributed by atoms with Crippen LogP contribution in [0, 0.1) is 24.7 Å². The third-order valence-corrected chi connectivity index (χ3v) is 9.66. The van der Waals surface area contributed by atoms with Gasteiger partial charge in [0.05, 0.1) is 10.2 Å². The van der Waals surface area contributed by atoms with Crippen molar-refractivity contribution in [2.24, 2.45) is 24.8 Å². The third kappa shape index (κ3) is 3.99. The highest BCUT2D eigenvalue weighted by atomic mass is 32.1. The number of anilines is 1. The van der Waals surface area contributed by atoms with Crippen molar-refractivity contribution in [3.8, 4) is 11.3 Å². The molecular weight excluding hydrogens is 468 g/mol. The van der Waals surface area contributed by atoms with Gasteiger partial charge in [0.15, 0.2) is 5.82 Å².